The number of methoxy groups -OCH3 is 1. The summed E-state index contributed by atoms with van der Waals surface area (Å²) in [7, 11) is 1.57. The van der Waals surface area contributed by atoms with Crippen LogP contribution in [-0.4, -0.2) is 41.7 Å². The molecule has 3 heterocycles. The molecular weight excluding hydrogens is 681 g/mol. The summed E-state index contributed by atoms with van der Waals surface area (Å²) in [4.78, 5) is 58.4. The van der Waals surface area contributed by atoms with Gasteiger partial charge in [0.1, 0.15) is 11.5 Å². The SMILES string of the molecule is COc1ccc(N2C(=O)C3C(C2=O)[C@@H]2C[C@H]3C3Sc4[nH]c(=O)sc4[C@H](c4cccc(OCC(=O)Nc5ccc(Cl)c(Cl)c5)c4)C32)cc1. The third-order valence-electron chi connectivity index (χ3n) is 9.85. The molecule has 2 aliphatic heterocycles. The van der Waals surface area contributed by atoms with Crippen molar-refractivity contribution in [2.75, 3.05) is 23.9 Å². The van der Waals surface area contributed by atoms with Crippen molar-refractivity contribution in [2.24, 2.45) is 29.6 Å². The van der Waals surface area contributed by atoms with Crippen LogP contribution in [0, 0.1) is 29.6 Å². The highest BCUT2D eigenvalue weighted by Gasteiger charge is 2.69. The topological polar surface area (TPSA) is 118 Å². The molecule has 2 saturated carbocycles. The van der Waals surface area contributed by atoms with E-state index in [-0.39, 0.29) is 64.0 Å². The summed E-state index contributed by atoms with van der Waals surface area (Å²) in [6.07, 6.45) is 0.784. The number of carbonyl (C=O) groups is 3. The van der Waals surface area contributed by atoms with Crippen LogP contribution < -0.4 is 24.6 Å². The number of aromatic amines is 1. The first-order chi connectivity index (χ1) is 22.7. The Hall–Kier alpha value is -3.77. The number of imide groups is 1. The molecule has 3 aromatic carbocycles. The third-order valence-corrected chi connectivity index (χ3v) is 13.2. The Morgan fingerprint density at radius 2 is 1.72 bits per heavy atom. The summed E-state index contributed by atoms with van der Waals surface area (Å²) < 4.78 is 11.2. The molecule has 0 radical (unpaired) electrons. The lowest BCUT2D eigenvalue weighted by molar-refractivity contribution is -0.123. The number of rotatable bonds is 7. The average Bonchev–Trinajstić information content (AvgIpc) is 3.80. The molecule has 2 N–H and O–H groups in total. The van der Waals surface area contributed by atoms with Crippen LogP contribution in [0.25, 0.3) is 0 Å². The molecule has 8 rings (SSSR count). The lowest BCUT2D eigenvalue weighted by atomic mass is 9.68. The van der Waals surface area contributed by atoms with Crippen molar-refractivity contribution >= 4 is 75.4 Å². The Balaban J connectivity index is 1.07. The van der Waals surface area contributed by atoms with Crippen LogP contribution in [0.3, 0.4) is 0 Å². The monoisotopic (exact) mass is 707 g/mol. The predicted octanol–water partition coefficient (Wildman–Crippen LogP) is 6.45. The van der Waals surface area contributed by atoms with Crippen molar-refractivity contribution in [3.05, 3.63) is 96.9 Å². The van der Waals surface area contributed by atoms with Gasteiger partial charge in [0.25, 0.3) is 5.91 Å². The van der Waals surface area contributed by atoms with Crippen LogP contribution in [0.5, 0.6) is 11.5 Å². The van der Waals surface area contributed by atoms with Gasteiger partial charge < -0.3 is 19.8 Å². The number of hydrogen-bond acceptors (Lipinski definition) is 8. The van der Waals surface area contributed by atoms with Crippen LogP contribution in [0.2, 0.25) is 10.0 Å². The quantitative estimate of drug-likeness (QED) is 0.212. The van der Waals surface area contributed by atoms with Gasteiger partial charge in [-0.1, -0.05) is 46.7 Å². The van der Waals surface area contributed by atoms with Gasteiger partial charge in [0.15, 0.2) is 6.61 Å². The number of nitrogens with one attached hydrogen (secondary N) is 2. The van der Waals surface area contributed by atoms with Crippen molar-refractivity contribution < 1.29 is 23.9 Å². The molecule has 4 aromatic rings. The van der Waals surface area contributed by atoms with Crippen molar-refractivity contribution in [1.82, 2.24) is 4.98 Å². The molecule has 4 aliphatic rings. The Morgan fingerprint density at radius 3 is 2.47 bits per heavy atom. The van der Waals surface area contributed by atoms with E-state index < -0.39 is 5.92 Å². The van der Waals surface area contributed by atoms with E-state index in [0.717, 1.165) is 21.9 Å². The van der Waals surface area contributed by atoms with Crippen molar-refractivity contribution in [1.29, 1.82) is 0 Å². The highest BCUT2D eigenvalue weighted by atomic mass is 35.5. The van der Waals surface area contributed by atoms with Gasteiger partial charge in [-0.2, -0.15) is 0 Å². The largest absolute Gasteiger partial charge is 0.497 e. The molecule has 47 heavy (non-hydrogen) atoms. The maximum absolute atomic E-state index is 14.0. The van der Waals surface area contributed by atoms with Crippen LogP contribution in [0.1, 0.15) is 22.8 Å². The van der Waals surface area contributed by atoms with E-state index in [4.69, 9.17) is 32.7 Å². The lowest BCUT2D eigenvalue weighted by Crippen LogP contribution is -2.42. The number of ether oxygens (including phenoxy) is 2. The Morgan fingerprint density at radius 1 is 0.957 bits per heavy atom. The van der Waals surface area contributed by atoms with E-state index in [1.54, 1.807) is 67.4 Å². The van der Waals surface area contributed by atoms with E-state index in [1.165, 1.54) is 16.2 Å². The smallest absolute Gasteiger partial charge is 0.305 e. The standard InChI is InChI=1S/C34H27Cl2N3O6S2/c1-44-18-8-6-17(7-9-18)39-32(41)27-20-13-21(28(27)33(39)42)29-26(20)25(30-31(46-29)38-34(43)47-30)15-3-2-4-19(11-15)45-14-24(40)37-16-5-10-22(35)23(36)12-16/h2-12,20-21,25-29H,13-14H2,1H3,(H,37,40)(H,38,43)/t20-,21-,25-,26?,27?,28?,29?/m1/s1. The first-order valence-corrected chi connectivity index (χ1v) is 17.6. The second-order valence-electron chi connectivity index (χ2n) is 12.2. The summed E-state index contributed by atoms with van der Waals surface area (Å²) in [5.41, 5.74) is 1.99. The third kappa shape index (κ3) is 5.06. The first kappa shape index (κ1) is 30.6. The van der Waals surface area contributed by atoms with Gasteiger partial charge in [0.2, 0.25) is 11.8 Å². The highest BCUT2D eigenvalue weighted by molar-refractivity contribution is 8.00. The minimum Gasteiger partial charge on any atom is -0.497 e. The molecule has 2 aliphatic carbocycles. The van der Waals surface area contributed by atoms with Crippen LogP contribution in [0.4, 0.5) is 11.4 Å². The van der Waals surface area contributed by atoms with Crippen LogP contribution in [-0.2, 0) is 14.4 Å². The maximum atomic E-state index is 14.0. The Bertz CT molecular complexity index is 2000. The van der Waals surface area contributed by atoms with Gasteiger partial charge in [-0.25, -0.2) is 0 Å². The summed E-state index contributed by atoms with van der Waals surface area (Å²) in [6.45, 7) is -0.231. The molecule has 7 atom stereocenters. The molecular formula is C34H27Cl2N3O6S2. The minimum absolute atomic E-state index is 0.00301. The summed E-state index contributed by atoms with van der Waals surface area (Å²) in [6, 6.07) is 19.4. The van der Waals surface area contributed by atoms with Crippen LogP contribution in [0.15, 0.2) is 76.6 Å². The average molecular weight is 709 g/mol. The minimum atomic E-state index is -0.416. The molecule has 2 bridgehead atoms. The molecule has 1 aromatic heterocycles. The number of anilines is 2. The van der Waals surface area contributed by atoms with Gasteiger partial charge in [-0.3, -0.25) is 24.1 Å². The highest BCUT2D eigenvalue weighted by Crippen LogP contribution is 2.68. The van der Waals surface area contributed by atoms with Gasteiger partial charge in [-0.05, 0) is 84.3 Å². The Labute approximate surface area is 287 Å². The fourth-order valence-electron chi connectivity index (χ4n) is 8.09. The number of amides is 3. The second kappa shape index (κ2) is 11.7. The number of nitrogens with zero attached hydrogens (tertiary/aromatic N) is 1. The molecule has 240 valence electrons. The van der Waals surface area contributed by atoms with Gasteiger partial charge in [0, 0.05) is 21.7 Å². The fraction of sp³-hybridized carbons (Fsp3) is 0.294. The van der Waals surface area contributed by atoms with E-state index >= 15 is 0 Å². The summed E-state index contributed by atoms with van der Waals surface area (Å²) in [5, 5.41) is 4.36. The lowest BCUT2D eigenvalue weighted by Gasteiger charge is -2.43. The molecule has 4 unspecified atom stereocenters. The van der Waals surface area contributed by atoms with Crippen molar-refractivity contribution in [3.8, 4) is 11.5 Å². The van der Waals surface area contributed by atoms with E-state index in [1.807, 2.05) is 18.2 Å². The summed E-state index contributed by atoms with van der Waals surface area (Å²) >= 11 is 14.9. The van der Waals surface area contributed by atoms with Crippen molar-refractivity contribution in [2.45, 2.75) is 22.6 Å². The van der Waals surface area contributed by atoms with Gasteiger partial charge in [-0.15, -0.1) is 11.8 Å². The zero-order valence-electron chi connectivity index (χ0n) is 24.8. The number of fused-ring (bicyclic) bond motifs is 9. The van der Waals surface area contributed by atoms with Gasteiger partial charge >= 0.3 is 4.87 Å². The maximum Gasteiger partial charge on any atom is 0.305 e. The zero-order chi connectivity index (χ0) is 32.6. The van der Waals surface area contributed by atoms with E-state index in [9.17, 15) is 19.2 Å². The molecule has 3 amide bonds. The van der Waals surface area contributed by atoms with E-state index in [0.29, 0.717) is 32.9 Å². The number of H-pyrrole nitrogens is 1. The number of benzene rings is 3. The number of thioether (sulfide) groups is 1. The number of aromatic nitrogens is 1. The molecule has 3 fully saturated rings. The van der Waals surface area contributed by atoms with Crippen molar-refractivity contribution in [3.63, 3.8) is 0 Å². The number of carbonyl (C=O) groups excluding carboxylic acids is 3. The molecule has 13 heteroatoms. The fourth-order valence-corrected chi connectivity index (χ4v) is 11.3. The number of thiazole rings is 1. The van der Waals surface area contributed by atoms with E-state index in [2.05, 4.69) is 10.3 Å². The molecule has 0 spiro atoms. The first-order valence-electron chi connectivity index (χ1n) is 15.1. The van der Waals surface area contributed by atoms with Gasteiger partial charge in [0.05, 0.1) is 39.7 Å². The molecule has 1 saturated heterocycles. The second-order valence-corrected chi connectivity index (χ2v) is 15.2. The number of halogens is 2. The Kier molecular flexibility index (Phi) is 7.63. The summed E-state index contributed by atoms with van der Waals surface area (Å²) in [5.74, 6) is -0.484. The van der Waals surface area contributed by atoms with Crippen LogP contribution >= 0.6 is 46.3 Å². The number of hydrogen-bond donors (Lipinski definition) is 2. The normalized spacial score (nSPS) is 27.0. The predicted molar refractivity (Wildman–Crippen MR) is 181 cm³/mol. The molecule has 9 nitrogen and oxygen atoms in total. The zero-order valence-corrected chi connectivity index (χ0v) is 27.9.